The lowest BCUT2D eigenvalue weighted by molar-refractivity contribution is 0.694. The predicted octanol–water partition coefficient (Wildman–Crippen LogP) is 2.85. The number of hydrogen-bond acceptors (Lipinski definition) is 3. The van der Waals surface area contributed by atoms with E-state index in [0.29, 0.717) is 0 Å². The Hall–Kier alpha value is -0.900. The van der Waals surface area contributed by atoms with Crippen LogP contribution in [0, 0.1) is 0 Å². The summed E-state index contributed by atoms with van der Waals surface area (Å²) in [5.41, 5.74) is 2.62. The zero-order chi connectivity index (χ0) is 9.64. The van der Waals surface area contributed by atoms with Crippen LogP contribution in [-0.2, 0) is 13.1 Å². The van der Waals surface area contributed by atoms with Gasteiger partial charge in [0.2, 0.25) is 0 Å². The molecule has 2 aromatic rings. The Morgan fingerprint density at radius 3 is 2.47 bits per heavy atom. The molecule has 0 bridgehead atoms. The molecule has 2 rings (SSSR count). The highest BCUT2D eigenvalue weighted by atomic mass is 35.5. The summed E-state index contributed by atoms with van der Waals surface area (Å²) >= 11 is 1.74. The molecular formula is C11H13ClN2S. The molecule has 0 atom stereocenters. The van der Waals surface area contributed by atoms with Crippen LogP contribution in [0.25, 0.3) is 0 Å². The SMILES string of the molecule is Cl.c1cc(CNCc2ccsc2)ccn1. The molecule has 2 aromatic heterocycles. The summed E-state index contributed by atoms with van der Waals surface area (Å²) in [4.78, 5) is 3.98. The largest absolute Gasteiger partial charge is 0.309 e. The summed E-state index contributed by atoms with van der Waals surface area (Å²) in [6.45, 7) is 1.84. The molecule has 2 heterocycles. The van der Waals surface area contributed by atoms with E-state index in [1.54, 1.807) is 11.3 Å². The fourth-order valence-electron chi connectivity index (χ4n) is 1.25. The summed E-state index contributed by atoms with van der Waals surface area (Å²) in [7, 11) is 0. The summed E-state index contributed by atoms with van der Waals surface area (Å²) in [5.74, 6) is 0. The second-order valence-corrected chi connectivity index (χ2v) is 3.87. The predicted molar refractivity (Wildman–Crippen MR) is 66.3 cm³/mol. The summed E-state index contributed by atoms with van der Waals surface area (Å²) in [6, 6.07) is 6.20. The molecule has 2 nitrogen and oxygen atoms in total. The second kappa shape index (κ2) is 6.56. The average Bonchev–Trinajstić information content (AvgIpc) is 2.72. The molecule has 80 valence electrons. The Bertz CT molecular complexity index is 361. The van der Waals surface area contributed by atoms with E-state index in [-0.39, 0.29) is 12.4 Å². The minimum absolute atomic E-state index is 0. The molecule has 15 heavy (non-hydrogen) atoms. The maximum Gasteiger partial charge on any atom is 0.0271 e. The molecule has 1 N–H and O–H groups in total. The van der Waals surface area contributed by atoms with Crippen LogP contribution >= 0.6 is 23.7 Å². The normalized spacial score (nSPS) is 9.60. The van der Waals surface area contributed by atoms with E-state index in [4.69, 9.17) is 0 Å². The lowest BCUT2D eigenvalue weighted by Crippen LogP contribution is -2.11. The number of thiophene rings is 1. The van der Waals surface area contributed by atoms with Crippen molar-refractivity contribution in [3.63, 3.8) is 0 Å². The Balaban J connectivity index is 0.00000112. The van der Waals surface area contributed by atoms with Crippen molar-refractivity contribution in [1.29, 1.82) is 0 Å². The summed E-state index contributed by atoms with van der Waals surface area (Å²) < 4.78 is 0. The molecule has 0 aliphatic rings. The van der Waals surface area contributed by atoms with E-state index in [9.17, 15) is 0 Å². The van der Waals surface area contributed by atoms with Crippen LogP contribution in [-0.4, -0.2) is 4.98 Å². The number of nitrogens with zero attached hydrogens (tertiary/aromatic N) is 1. The molecule has 0 amide bonds. The van der Waals surface area contributed by atoms with Crippen LogP contribution in [0.5, 0.6) is 0 Å². The minimum Gasteiger partial charge on any atom is -0.309 e. The highest BCUT2D eigenvalue weighted by Crippen LogP contribution is 2.05. The van der Waals surface area contributed by atoms with Gasteiger partial charge in [0, 0.05) is 25.5 Å². The zero-order valence-electron chi connectivity index (χ0n) is 8.22. The van der Waals surface area contributed by atoms with Crippen LogP contribution in [0.2, 0.25) is 0 Å². The molecule has 0 saturated carbocycles. The number of halogens is 1. The smallest absolute Gasteiger partial charge is 0.0271 e. The quantitative estimate of drug-likeness (QED) is 0.889. The van der Waals surface area contributed by atoms with E-state index in [1.165, 1.54) is 11.1 Å². The first-order valence-electron chi connectivity index (χ1n) is 4.56. The van der Waals surface area contributed by atoms with Gasteiger partial charge in [-0.3, -0.25) is 4.98 Å². The summed E-state index contributed by atoms with van der Waals surface area (Å²) in [6.07, 6.45) is 3.64. The standard InChI is InChI=1S/C11H12N2S.ClH/c1-4-12-5-2-10(1)7-13-8-11-3-6-14-9-11;/h1-6,9,13H,7-8H2;1H. The van der Waals surface area contributed by atoms with Gasteiger partial charge in [-0.15, -0.1) is 12.4 Å². The zero-order valence-corrected chi connectivity index (χ0v) is 9.85. The monoisotopic (exact) mass is 240 g/mol. The minimum atomic E-state index is 0. The van der Waals surface area contributed by atoms with Crippen molar-refractivity contribution in [1.82, 2.24) is 10.3 Å². The molecule has 0 aliphatic heterocycles. The molecule has 0 spiro atoms. The second-order valence-electron chi connectivity index (χ2n) is 3.09. The van der Waals surface area contributed by atoms with Gasteiger partial charge in [0.05, 0.1) is 0 Å². The molecule has 4 heteroatoms. The summed E-state index contributed by atoms with van der Waals surface area (Å²) in [5, 5.41) is 7.65. The Kier molecular flexibility index (Phi) is 5.32. The van der Waals surface area contributed by atoms with Crippen molar-refractivity contribution < 1.29 is 0 Å². The molecule has 0 radical (unpaired) electrons. The van der Waals surface area contributed by atoms with Gasteiger partial charge in [0.15, 0.2) is 0 Å². The molecule has 0 unspecified atom stereocenters. The fraction of sp³-hybridized carbons (Fsp3) is 0.182. The van der Waals surface area contributed by atoms with E-state index in [2.05, 4.69) is 27.1 Å². The average molecular weight is 241 g/mol. The van der Waals surface area contributed by atoms with Gasteiger partial charge in [-0.05, 0) is 40.1 Å². The third-order valence-electron chi connectivity index (χ3n) is 1.99. The first-order chi connectivity index (χ1) is 6.95. The number of pyridine rings is 1. The van der Waals surface area contributed by atoms with Gasteiger partial charge in [-0.1, -0.05) is 0 Å². The van der Waals surface area contributed by atoms with Crippen molar-refractivity contribution in [2.75, 3.05) is 0 Å². The molecule has 0 aromatic carbocycles. The topological polar surface area (TPSA) is 24.9 Å². The number of aromatic nitrogens is 1. The van der Waals surface area contributed by atoms with Crippen LogP contribution < -0.4 is 5.32 Å². The Morgan fingerprint density at radius 1 is 1.07 bits per heavy atom. The third-order valence-corrected chi connectivity index (χ3v) is 2.72. The van der Waals surface area contributed by atoms with Gasteiger partial charge in [-0.2, -0.15) is 11.3 Å². The fourth-order valence-corrected chi connectivity index (χ4v) is 1.91. The molecular weight excluding hydrogens is 228 g/mol. The van der Waals surface area contributed by atoms with E-state index >= 15 is 0 Å². The van der Waals surface area contributed by atoms with Gasteiger partial charge in [0.25, 0.3) is 0 Å². The molecule has 0 saturated heterocycles. The third kappa shape index (κ3) is 4.00. The Morgan fingerprint density at radius 2 is 1.80 bits per heavy atom. The van der Waals surface area contributed by atoms with Gasteiger partial charge in [-0.25, -0.2) is 0 Å². The van der Waals surface area contributed by atoms with Gasteiger partial charge < -0.3 is 5.32 Å². The lowest BCUT2D eigenvalue weighted by Gasteiger charge is -2.02. The molecule has 0 aliphatic carbocycles. The van der Waals surface area contributed by atoms with Crippen LogP contribution in [0.3, 0.4) is 0 Å². The maximum atomic E-state index is 3.98. The van der Waals surface area contributed by atoms with Crippen molar-refractivity contribution in [3.05, 3.63) is 52.5 Å². The Labute approximate surface area is 99.8 Å². The van der Waals surface area contributed by atoms with E-state index in [0.717, 1.165) is 13.1 Å². The van der Waals surface area contributed by atoms with E-state index in [1.807, 2.05) is 24.5 Å². The van der Waals surface area contributed by atoms with Crippen LogP contribution in [0.1, 0.15) is 11.1 Å². The van der Waals surface area contributed by atoms with Crippen molar-refractivity contribution in [2.24, 2.45) is 0 Å². The van der Waals surface area contributed by atoms with Gasteiger partial charge in [0.1, 0.15) is 0 Å². The number of hydrogen-bond donors (Lipinski definition) is 1. The van der Waals surface area contributed by atoms with Crippen LogP contribution in [0.15, 0.2) is 41.4 Å². The lowest BCUT2D eigenvalue weighted by atomic mass is 10.2. The number of nitrogens with one attached hydrogen (secondary N) is 1. The van der Waals surface area contributed by atoms with Crippen molar-refractivity contribution in [3.8, 4) is 0 Å². The maximum absolute atomic E-state index is 3.98. The van der Waals surface area contributed by atoms with Crippen molar-refractivity contribution >= 4 is 23.7 Å². The van der Waals surface area contributed by atoms with E-state index < -0.39 is 0 Å². The first kappa shape index (κ1) is 12.2. The van der Waals surface area contributed by atoms with Gasteiger partial charge >= 0.3 is 0 Å². The highest BCUT2D eigenvalue weighted by Gasteiger charge is 1.93. The molecule has 0 fully saturated rings. The van der Waals surface area contributed by atoms with Crippen LogP contribution in [0.4, 0.5) is 0 Å². The van der Waals surface area contributed by atoms with Crippen molar-refractivity contribution in [2.45, 2.75) is 13.1 Å². The highest BCUT2D eigenvalue weighted by molar-refractivity contribution is 7.07. The number of rotatable bonds is 4. The first-order valence-corrected chi connectivity index (χ1v) is 5.50.